The van der Waals surface area contributed by atoms with Crippen molar-refractivity contribution in [2.75, 3.05) is 12.4 Å². The second-order valence-electron chi connectivity index (χ2n) is 6.61. The molecule has 0 fully saturated rings. The summed E-state index contributed by atoms with van der Waals surface area (Å²) in [5.41, 5.74) is 1.50. The third-order valence-corrected chi connectivity index (χ3v) is 5.98. The van der Waals surface area contributed by atoms with Crippen LogP contribution in [-0.4, -0.2) is 28.5 Å². The summed E-state index contributed by atoms with van der Waals surface area (Å²) in [5.74, 6) is -2.39. The number of nitrogens with zero attached hydrogens (tertiary/aromatic N) is 2. The molecule has 0 spiro atoms. The molecule has 0 atom stereocenters. The molecule has 4 rings (SSSR count). The van der Waals surface area contributed by atoms with Crippen LogP contribution in [0.25, 0.3) is 11.0 Å². The fraction of sp³-hybridized carbons (Fsp3) is 0.316. The highest BCUT2D eigenvalue weighted by atomic mass is 32.1. The van der Waals surface area contributed by atoms with Gasteiger partial charge in [0.2, 0.25) is 11.7 Å². The van der Waals surface area contributed by atoms with E-state index in [0.29, 0.717) is 17.0 Å². The first-order chi connectivity index (χ1) is 13.8. The number of carbonyl (C=O) groups excluding carboxylic acids is 2. The molecule has 1 aliphatic rings. The number of nitrogens with one attached hydrogen (secondary N) is 1. The van der Waals surface area contributed by atoms with Crippen molar-refractivity contribution in [2.24, 2.45) is 0 Å². The Morgan fingerprint density at radius 2 is 2.03 bits per heavy atom. The van der Waals surface area contributed by atoms with Gasteiger partial charge >= 0.3 is 12.1 Å². The van der Waals surface area contributed by atoms with Gasteiger partial charge in [0.25, 0.3) is 0 Å². The number of benzene rings is 1. The van der Waals surface area contributed by atoms with Crippen LogP contribution in [0.5, 0.6) is 0 Å². The molecule has 29 heavy (non-hydrogen) atoms. The Morgan fingerprint density at radius 1 is 1.28 bits per heavy atom. The van der Waals surface area contributed by atoms with Gasteiger partial charge < -0.3 is 14.6 Å². The number of halogens is 3. The largest absolute Gasteiger partial charge is 0.465 e. The van der Waals surface area contributed by atoms with E-state index in [-0.39, 0.29) is 11.0 Å². The molecule has 1 aromatic carbocycles. The van der Waals surface area contributed by atoms with E-state index in [1.54, 1.807) is 12.1 Å². The molecular weight excluding hydrogens is 407 g/mol. The highest BCUT2D eigenvalue weighted by Crippen LogP contribution is 2.39. The third kappa shape index (κ3) is 3.48. The SMILES string of the molecule is COC(=O)c1c(NC(=O)Cn2c(C(F)(F)F)nc3ccccc32)sc2c1CCC2. The second kappa shape index (κ2) is 7.18. The zero-order valence-corrected chi connectivity index (χ0v) is 16.1. The van der Waals surface area contributed by atoms with Gasteiger partial charge in [-0.25, -0.2) is 9.78 Å². The van der Waals surface area contributed by atoms with Crippen LogP contribution in [0.2, 0.25) is 0 Å². The molecule has 1 amide bonds. The number of aromatic nitrogens is 2. The Hall–Kier alpha value is -2.88. The van der Waals surface area contributed by atoms with Gasteiger partial charge in [-0.15, -0.1) is 11.3 Å². The number of ether oxygens (including phenoxy) is 1. The predicted octanol–water partition coefficient (Wildman–Crippen LogP) is 4.03. The lowest BCUT2D eigenvalue weighted by Gasteiger charge is -2.12. The van der Waals surface area contributed by atoms with Gasteiger partial charge in [-0.3, -0.25) is 4.79 Å². The van der Waals surface area contributed by atoms with E-state index in [9.17, 15) is 22.8 Å². The van der Waals surface area contributed by atoms with Crippen molar-refractivity contribution in [1.29, 1.82) is 0 Å². The number of thiophene rings is 1. The first-order valence-electron chi connectivity index (χ1n) is 8.84. The van der Waals surface area contributed by atoms with Crippen LogP contribution in [0.1, 0.15) is 33.0 Å². The summed E-state index contributed by atoms with van der Waals surface area (Å²) in [5, 5.41) is 2.91. The number of imidazole rings is 1. The maximum Gasteiger partial charge on any atom is 0.449 e. The van der Waals surface area contributed by atoms with Crippen molar-refractivity contribution in [3.63, 3.8) is 0 Å². The van der Waals surface area contributed by atoms with Crippen molar-refractivity contribution in [3.8, 4) is 0 Å². The Balaban J connectivity index is 1.66. The Kier molecular flexibility index (Phi) is 4.81. The van der Waals surface area contributed by atoms with Crippen molar-refractivity contribution < 1.29 is 27.5 Å². The summed E-state index contributed by atoms with van der Waals surface area (Å²) >= 11 is 1.27. The first kappa shape index (κ1) is 19.4. The monoisotopic (exact) mass is 423 g/mol. The molecule has 10 heteroatoms. The second-order valence-corrected chi connectivity index (χ2v) is 7.71. The van der Waals surface area contributed by atoms with Crippen molar-refractivity contribution in [2.45, 2.75) is 32.0 Å². The maximum atomic E-state index is 13.4. The molecule has 152 valence electrons. The Bertz CT molecular complexity index is 1120. The molecule has 1 N–H and O–H groups in total. The number of anilines is 1. The quantitative estimate of drug-likeness (QED) is 0.643. The number of fused-ring (bicyclic) bond motifs is 2. The van der Waals surface area contributed by atoms with Gasteiger partial charge in [0.05, 0.1) is 23.7 Å². The zero-order chi connectivity index (χ0) is 20.8. The minimum Gasteiger partial charge on any atom is -0.465 e. The molecule has 0 bridgehead atoms. The number of carbonyl (C=O) groups is 2. The van der Waals surface area contributed by atoms with E-state index in [1.165, 1.54) is 30.6 Å². The minimum atomic E-state index is -4.71. The number of aryl methyl sites for hydroxylation is 1. The highest BCUT2D eigenvalue weighted by molar-refractivity contribution is 7.17. The summed E-state index contributed by atoms with van der Waals surface area (Å²) in [7, 11) is 1.25. The van der Waals surface area contributed by atoms with Crippen LogP contribution < -0.4 is 5.32 Å². The number of esters is 1. The number of hydrogen-bond acceptors (Lipinski definition) is 5. The van der Waals surface area contributed by atoms with Crippen LogP contribution in [-0.2, 0) is 35.1 Å². The average molecular weight is 423 g/mol. The highest BCUT2D eigenvalue weighted by Gasteiger charge is 2.38. The van der Waals surface area contributed by atoms with E-state index in [0.717, 1.165) is 27.8 Å². The number of hydrogen-bond donors (Lipinski definition) is 1. The molecule has 3 aromatic rings. The van der Waals surface area contributed by atoms with Gasteiger partial charge in [0.1, 0.15) is 11.5 Å². The molecule has 2 aromatic heterocycles. The molecule has 0 radical (unpaired) electrons. The van der Waals surface area contributed by atoms with Crippen molar-refractivity contribution in [1.82, 2.24) is 9.55 Å². The van der Waals surface area contributed by atoms with E-state index < -0.39 is 30.4 Å². The minimum absolute atomic E-state index is 0.151. The molecule has 1 aliphatic carbocycles. The molecule has 0 aliphatic heterocycles. The average Bonchev–Trinajstić information content (AvgIpc) is 3.34. The van der Waals surface area contributed by atoms with E-state index in [2.05, 4.69) is 10.3 Å². The van der Waals surface area contributed by atoms with Crippen molar-refractivity contribution in [3.05, 3.63) is 46.1 Å². The Morgan fingerprint density at radius 3 is 2.76 bits per heavy atom. The lowest BCUT2D eigenvalue weighted by molar-refractivity contribution is -0.147. The summed E-state index contributed by atoms with van der Waals surface area (Å²) in [6.45, 7) is -0.585. The maximum absolute atomic E-state index is 13.4. The standard InChI is InChI=1S/C19H16F3N3O3S/c1-28-17(27)15-10-5-4-8-13(10)29-16(15)24-14(26)9-25-12-7-3-2-6-11(12)23-18(25)19(20,21)22/h2-3,6-7H,4-5,8-9H2,1H3,(H,24,26). The van der Waals surface area contributed by atoms with E-state index in [1.807, 2.05) is 0 Å². The number of rotatable bonds is 4. The molecule has 0 unspecified atom stereocenters. The third-order valence-electron chi connectivity index (χ3n) is 4.77. The van der Waals surface area contributed by atoms with Crippen LogP contribution in [0.15, 0.2) is 24.3 Å². The summed E-state index contributed by atoms with van der Waals surface area (Å²) in [6.07, 6.45) is -2.29. The zero-order valence-electron chi connectivity index (χ0n) is 15.3. The van der Waals surface area contributed by atoms with E-state index >= 15 is 0 Å². The molecule has 0 saturated heterocycles. The summed E-state index contributed by atoms with van der Waals surface area (Å²) < 4.78 is 45.9. The molecule has 6 nitrogen and oxygen atoms in total. The predicted molar refractivity (Wildman–Crippen MR) is 101 cm³/mol. The summed E-state index contributed by atoms with van der Waals surface area (Å²) in [6, 6.07) is 6.09. The van der Waals surface area contributed by atoms with Gasteiger partial charge in [0, 0.05) is 4.88 Å². The Labute approximate surface area is 167 Å². The van der Waals surface area contributed by atoms with Crippen molar-refractivity contribution >= 4 is 39.2 Å². The van der Waals surface area contributed by atoms with Crippen LogP contribution in [0, 0.1) is 0 Å². The fourth-order valence-electron chi connectivity index (χ4n) is 3.57. The van der Waals surface area contributed by atoms with Gasteiger partial charge in [-0.1, -0.05) is 12.1 Å². The lowest BCUT2D eigenvalue weighted by atomic mass is 10.1. The van der Waals surface area contributed by atoms with Crippen LogP contribution in [0.3, 0.4) is 0 Å². The number of amides is 1. The van der Waals surface area contributed by atoms with Crippen LogP contribution in [0.4, 0.5) is 18.2 Å². The van der Waals surface area contributed by atoms with E-state index in [4.69, 9.17) is 4.74 Å². The molecule has 0 saturated carbocycles. The molecular formula is C19H16F3N3O3S. The van der Waals surface area contributed by atoms with Gasteiger partial charge in [-0.2, -0.15) is 13.2 Å². The summed E-state index contributed by atoms with van der Waals surface area (Å²) in [4.78, 5) is 29.4. The molecule has 2 heterocycles. The number of methoxy groups -OCH3 is 1. The van der Waals surface area contributed by atoms with Crippen LogP contribution >= 0.6 is 11.3 Å². The fourth-order valence-corrected chi connectivity index (χ4v) is 4.87. The van der Waals surface area contributed by atoms with Gasteiger partial charge in [0.15, 0.2) is 0 Å². The smallest absolute Gasteiger partial charge is 0.449 e. The van der Waals surface area contributed by atoms with Gasteiger partial charge in [-0.05, 0) is 37.0 Å². The number of para-hydroxylation sites is 2. The topological polar surface area (TPSA) is 73.2 Å². The number of alkyl halides is 3. The first-order valence-corrected chi connectivity index (χ1v) is 9.66. The lowest BCUT2D eigenvalue weighted by Crippen LogP contribution is -2.23. The normalized spacial score (nSPS) is 13.5.